The predicted octanol–water partition coefficient (Wildman–Crippen LogP) is 5.56. The summed E-state index contributed by atoms with van der Waals surface area (Å²) in [6.07, 6.45) is -4.62. The Bertz CT molecular complexity index is 2380. The molecule has 0 saturated carbocycles. The number of carbonyl (C=O) groups excluding carboxylic acids is 3. The molecule has 5 rings (SSSR count). The summed E-state index contributed by atoms with van der Waals surface area (Å²) in [6, 6.07) is 12.6. The van der Waals surface area contributed by atoms with Crippen LogP contribution in [-0.2, 0) is 42.5 Å². The van der Waals surface area contributed by atoms with Gasteiger partial charge in [-0.1, -0.05) is 12.1 Å². The second kappa shape index (κ2) is 20.4. The van der Waals surface area contributed by atoms with Gasteiger partial charge in [-0.3, -0.25) is 24.2 Å². The first-order chi connectivity index (χ1) is 28.6. The highest BCUT2D eigenvalue weighted by Gasteiger charge is 2.33. The summed E-state index contributed by atoms with van der Waals surface area (Å²) in [5.74, 6) is -5.17. The maximum Gasteiger partial charge on any atom is 0.416 e. The highest BCUT2D eigenvalue weighted by atomic mass is 31.2. The quantitative estimate of drug-likeness (QED) is 0.0337. The summed E-state index contributed by atoms with van der Waals surface area (Å²) in [7, 11) is -1.55. The molecule has 22 heteroatoms. The highest BCUT2D eigenvalue weighted by Crippen LogP contribution is 2.40. The fraction of sp³-hybridized carbons (Fsp3) is 0.263. The number of alkyl halides is 3. The van der Waals surface area contributed by atoms with Crippen LogP contribution in [0, 0.1) is 0 Å². The monoisotopic (exact) mass is 854 g/mol. The number of carboxylic acids is 1. The van der Waals surface area contributed by atoms with Gasteiger partial charge in [-0.2, -0.15) is 18.2 Å². The molecule has 0 radical (unpaired) electrons. The van der Waals surface area contributed by atoms with E-state index in [1.165, 1.54) is 42.6 Å². The van der Waals surface area contributed by atoms with E-state index in [2.05, 4.69) is 35.9 Å². The van der Waals surface area contributed by atoms with E-state index in [4.69, 9.17) is 24.0 Å². The number of aromatic amines is 1. The molecule has 0 saturated heterocycles. The van der Waals surface area contributed by atoms with Crippen LogP contribution in [0.25, 0.3) is 11.2 Å². The van der Waals surface area contributed by atoms with Crippen molar-refractivity contribution in [1.82, 2.24) is 25.3 Å². The van der Waals surface area contributed by atoms with Gasteiger partial charge in [-0.15, -0.1) is 0 Å². The molecule has 2 amide bonds. The number of carboxylic acid groups (broad SMARTS) is 1. The maximum atomic E-state index is 13.6. The molecular formula is C38H38F3N8O10P. The zero-order chi connectivity index (χ0) is 43.4. The molecule has 0 bridgehead atoms. The van der Waals surface area contributed by atoms with Crippen LogP contribution in [0.15, 0.2) is 77.7 Å². The van der Waals surface area contributed by atoms with Gasteiger partial charge < -0.3 is 45.1 Å². The number of nitrogens with two attached hydrogens (primary N) is 1. The molecule has 7 N–H and O–H groups in total. The van der Waals surface area contributed by atoms with Gasteiger partial charge >= 0.3 is 26.7 Å². The van der Waals surface area contributed by atoms with Crippen LogP contribution in [0.4, 0.5) is 30.5 Å². The average molecular weight is 855 g/mol. The lowest BCUT2D eigenvalue weighted by atomic mass is 10.1. The number of hydrogen-bond donors (Lipinski definition) is 6. The number of nitrogens with one attached hydrogen (secondary N) is 4. The van der Waals surface area contributed by atoms with Gasteiger partial charge in [0.2, 0.25) is 5.95 Å². The summed E-state index contributed by atoms with van der Waals surface area (Å²) >= 11 is 0. The summed E-state index contributed by atoms with van der Waals surface area (Å²) in [5, 5.41) is 17.7. The van der Waals surface area contributed by atoms with Crippen molar-refractivity contribution in [3.8, 4) is 5.75 Å². The number of esters is 1. The molecule has 18 nitrogen and oxygen atoms in total. The van der Waals surface area contributed by atoms with Gasteiger partial charge in [-0.25, -0.2) is 14.8 Å². The van der Waals surface area contributed by atoms with E-state index < -0.39 is 79.9 Å². The zero-order valence-corrected chi connectivity index (χ0v) is 32.8. The Morgan fingerprint density at radius 1 is 0.917 bits per heavy atom. The minimum absolute atomic E-state index is 0.00292. The fourth-order valence-corrected chi connectivity index (χ4v) is 6.13. The van der Waals surface area contributed by atoms with Gasteiger partial charge in [0.1, 0.15) is 11.8 Å². The number of aromatic nitrogens is 4. The molecule has 0 spiro atoms. The van der Waals surface area contributed by atoms with E-state index in [0.717, 1.165) is 6.07 Å². The maximum absolute atomic E-state index is 13.6. The number of aliphatic carboxylic acids is 1. The number of carbonyl (C=O) groups is 4. The summed E-state index contributed by atoms with van der Waals surface area (Å²) < 4.78 is 62.5. The third-order valence-corrected chi connectivity index (χ3v) is 9.42. The average Bonchev–Trinajstić information content (AvgIpc) is 3.21. The van der Waals surface area contributed by atoms with Crippen molar-refractivity contribution in [2.45, 2.75) is 52.1 Å². The summed E-state index contributed by atoms with van der Waals surface area (Å²) in [6.45, 7) is 4.67. The van der Waals surface area contributed by atoms with Crippen LogP contribution in [0.3, 0.4) is 0 Å². The standard InChI is InChI=1S/C38H38F3N8O10P/c1-3-56-60(57-4-2)58-20-21-5-10-25(11-6-21)46-34(52)27-14-9-23(38(39,40)41)17-29(27)59-30(50)16-15-28(36(54)55)47-33(51)22-7-12-24(13-8-22)43-18-26-19-44-32-31(45-26)35(53)49-37(42)48-32/h5-14,17,19,28,43H,3-4,15-16,18,20H2,1-2H3,(H,46,52)(H,47,51)(H,54,55)(H3,42,44,48,49,53)/t28-/m0/s1. The van der Waals surface area contributed by atoms with Crippen molar-refractivity contribution in [2.75, 3.05) is 29.6 Å². The molecule has 0 aliphatic rings. The number of anilines is 3. The predicted molar refractivity (Wildman–Crippen MR) is 211 cm³/mol. The smallest absolute Gasteiger partial charge is 0.416 e. The van der Waals surface area contributed by atoms with Crippen LogP contribution in [-0.4, -0.2) is 68.1 Å². The lowest BCUT2D eigenvalue weighted by molar-refractivity contribution is -0.141. The topological polar surface area (TPSA) is 259 Å². The van der Waals surface area contributed by atoms with Gasteiger partial charge in [0.15, 0.2) is 11.2 Å². The second-order valence-corrected chi connectivity index (χ2v) is 13.7. The van der Waals surface area contributed by atoms with Crippen LogP contribution >= 0.6 is 8.60 Å². The Labute approximate surface area is 340 Å². The van der Waals surface area contributed by atoms with E-state index in [1.54, 1.807) is 26.0 Å². The number of ether oxygens (including phenoxy) is 1. The summed E-state index contributed by atoms with van der Waals surface area (Å²) in [5.41, 5.74) is 5.41. The van der Waals surface area contributed by atoms with Gasteiger partial charge in [-0.05, 0) is 80.4 Å². The molecule has 316 valence electrons. The van der Waals surface area contributed by atoms with Crippen molar-refractivity contribution in [2.24, 2.45) is 0 Å². The molecule has 5 aromatic rings. The Balaban J connectivity index is 1.17. The highest BCUT2D eigenvalue weighted by molar-refractivity contribution is 7.41. The van der Waals surface area contributed by atoms with Gasteiger partial charge in [0.05, 0.1) is 49.4 Å². The van der Waals surface area contributed by atoms with Gasteiger partial charge in [0, 0.05) is 23.4 Å². The molecule has 60 heavy (non-hydrogen) atoms. The third-order valence-electron chi connectivity index (χ3n) is 8.14. The number of fused-ring (bicyclic) bond motifs is 1. The molecular weight excluding hydrogens is 816 g/mol. The van der Waals surface area contributed by atoms with Crippen molar-refractivity contribution in [3.63, 3.8) is 0 Å². The SMILES string of the molecule is CCOP(OCC)OCc1ccc(NC(=O)c2ccc(C(F)(F)F)cc2OC(=O)CC[C@H](NC(=O)c2ccc(NCc3cnc4nc(N)[nH]c(=O)c4n3)cc2)C(=O)O)cc1. The molecule has 0 aliphatic heterocycles. The number of H-pyrrole nitrogens is 1. The second-order valence-electron chi connectivity index (χ2n) is 12.5. The molecule has 2 aromatic heterocycles. The molecule has 2 heterocycles. The van der Waals surface area contributed by atoms with Crippen LogP contribution in [0.1, 0.15) is 64.2 Å². The molecule has 1 atom stereocenters. The molecule has 0 unspecified atom stereocenters. The third kappa shape index (κ3) is 12.5. The lowest BCUT2D eigenvalue weighted by Gasteiger charge is -2.16. The van der Waals surface area contributed by atoms with Crippen LogP contribution in [0.5, 0.6) is 5.75 Å². The number of halogens is 3. The summed E-state index contributed by atoms with van der Waals surface area (Å²) in [4.78, 5) is 77.8. The first-order valence-electron chi connectivity index (χ1n) is 18.0. The zero-order valence-electron chi connectivity index (χ0n) is 31.9. The number of rotatable bonds is 19. The minimum atomic E-state index is -4.85. The Morgan fingerprint density at radius 2 is 1.60 bits per heavy atom. The van der Waals surface area contributed by atoms with Crippen molar-refractivity contribution >= 4 is 60.8 Å². The number of benzene rings is 3. The Hall–Kier alpha value is -6.54. The van der Waals surface area contributed by atoms with E-state index in [9.17, 15) is 42.3 Å². The first kappa shape index (κ1) is 44.6. The largest absolute Gasteiger partial charge is 0.480 e. The first-order valence-corrected chi connectivity index (χ1v) is 19.1. The van der Waals surface area contributed by atoms with Crippen molar-refractivity contribution in [3.05, 3.63) is 111 Å². The van der Waals surface area contributed by atoms with E-state index in [0.29, 0.717) is 42.3 Å². The lowest BCUT2D eigenvalue weighted by Crippen LogP contribution is -2.41. The van der Waals surface area contributed by atoms with Crippen molar-refractivity contribution in [1.29, 1.82) is 0 Å². The molecule has 3 aromatic carbocycles. The number of nitrogens with zero attached hydrogens (tertiary/aromatic N) is 3. The van der Waals surface area contributed by atoms with E-state index >= 15 is 0 Å². The van der Waals surface area contributed by atoms with Gasteiger partial charge in [0.25, 0.3) is 17.4 Å². The molecule has 0 fully saturated rings. The number of amides is 2. The fourth-order valence-electron chi connectivity index (χ4n) is 5.23. The number of hydrogen-bond acceptors (Lipinski definition) is 14. The van der Waals surface area contributed by atoms with E-state index in [-0.39, 0.29) is 41.5 Å². The van der Waals surface area contributed by atoms with Crippen LogP contribution < -0.4 is 32.0 Å². The van der Waals surface area contributed by atoms with Crippen molar-refractivity contribution < 1.29 is 55.8 Å². The van der Waals surface area contributed by atoms with E-state index in [1.807, 2.05) is 0 Å². The Kier molecular flexibility index (Phi) is 15.2. The van der Waals surface area contributed by atoms with Crippen LogP contribution in [0.2, 0.25) is 0 Å². The minimum Gasteiger partial charge on any atom is -0.480 e. The molecule has 0 aliphatic carbocycles. The normalized spacial score (nSPS) is 11.9. The number of nitrogen functional groups attached to an aromatic ring is 1. The Morgan fingerprint density at radius 3 is 2.25 bits per heavy atom.